The fourth-order valence-corrected chi connectivity index (χ4v) is 2.50. The van der Waals surface area contributed by atoms with E-state index in [1.54, 1.807) is 0 Å². The Bertz CT molecular complexity index is 431. The Morgan fingerprint density at radius 1 is 1.42 bits per heavy atom. The summed E-state index contributed by atoms with van der Waals surface area (Å²) < 4.78 is 13.9. The maximum Gasteiger partial charge on any atom is 0.186 e. The minimum atomic E-state index is -0.740. The van der Waals surface area contributed by atoms with Gasteiger partial charge in [0.1, 0.15) is 6.33 Å². The van der Waals surface area contributed by atoms with Crippen LogP contribution in [-0.4, -0.2) is 27.2 Å². The number of nitrogens with zero attached hydrogens (tertiary/aromatic N) is 2. The number of aromatic nitrogens is 2. The van der Waals surface area contributed by atoms with Crippen LogP contribution in [0.4, 0.5) is 10.2 Å². The SMILES string of the molecule is CCc1ncnc(NCC2(O)CCC(C)CC2)c1F. The number of aryl methyl sites for hydroxylation is 1. The van der Waals surface area contributed by atoms with Crippen molar-refractivity contribution < 1.29 is 9.50 Å². The van der Waals surface area contributed by atoms with Crippen molar-refractivity contribution in [2.24, 2.45) is 5.92 Å². The fraction of sp³-hybridized carbons (Fsp3) is 0.714. The Balaban J connectivity index is 1.99. The zero-order chi connectivity index (χ0) is 13.9. The number of rotatable bonds is 4. The van der Waals surface area contributed by atoms with Gasteiger partial charge in [0.2, 0.25) is 0 Å². The number of aliphatic hydroxyl groups is 1. The average Bonchev–Trinajstić information content (AvgIpc) is 2.41. The first kappa shape index (κ1) is 14.2. The highest BCUT2D eigenvalue weighted by Gasteiger charge is 2.31. The Labute approximate surface area is 113 Å². The van der Waals surface area contributed by atoms with Gasteiger partial charge < -0.3 is 10.4 Å². The molecule has 19 heavy (non-hydrogen) atoms. The summed E-state index contributed by atoms with van der Waals surface area (Å²) in [4.78, 5) is 7.80. The van der Waals surface area contributed by atoms with E-state index >= 15 is 0 Å². The summed E-state index contributed by atoms with van der Waals surface area (Å²) in [6.07, 6.45) is 5.44. The van der Waals surface area contributed by atoms with Crippen molar-refractivity contribution in [3.8, 4) is 0 Å². The van der Waals surface area contributed by atoms with E-state index in [2.05, 4.69) is 22.2 Å². The molecule has 2 N–H and O–H groups in total. The molecule has 1 saturated carbocycles. The molecule has 0 unspecified atom stereocenters. The van der Waals surface area contributed by atoms with Gasteiger partial charge in [-0.15, -0.1) is 0 Å². The van der Waals surface area contributed by atoms with Gasteiger partial charge in [0.15, 0.2) is 11.6 Å². The molecule has 1 aromatic heterocycles. The lowest BCUT2D eigenvalue weighted by atomic mass is 9.79. The minimum Gasteiger partial charge on any atom is -0.388 e. The van der Waals surface area contributed by atoms with Crippen LogP contribution in [0.25, 0.3) is 0 Å². The van der Waals surface area contributed by atoms with Crippen molar-refractivity contribution in [3.63, 3.8) is 0 Å². The number of nitrogens with one attached hydrogen (secondary N) is 1. The maximum atomic E-state index is 13.9. The number of anilines is 1. The van der Waals surface area contributed by atoms with Crippen LogP contribution in [0.1, 0.15) is 45.2 Å². The number of halogens is 1. The van der Waals surface area contributed by atoms with E-state index in [0.717, 1.165) is 25.7 Å². The molecule has 0 spiro atoms. The normalized spacial score (nSPS) is 27.3. The Kier molecular flexibility index (Phi) is 4.34. The van der Waals surface area contributed by atoms with Crippen molar-refractivity contribution in [3.05, 3.63) is 17.8 Å². The lowest BCUT2D eigenvalue weighted by Crippen LogP contribution is -2.40. The van der Waals surface area contributed by atoms with Crippen molar-refractivity contribution in [1.82, 2.24) is 9.97 Å². The molecule has 0 aromatic carbocycles. The highest BCUT2D eigenvalue weighted by atomic mass is 19.1. The van der Waals surface area contributed by atoms with Crippen LogP contribution in [-0.2, 0) is 6.42 Å². The molecular weight excluding hydrogens is 245 g/mol. The van der Waals surface area contributed by atoms with Crippen LogP contribution >= 0.6 is 0 Å². The molecule has 1 aliphatic rings. The summed E-state index contributed by atoms with van der Waals surface area (Å²) in [5.41, 5.74) is -0.335. The fourth-order valence-electron chi connectivity index (χ4n) is 2.50. The molecule has 0 aliphatic heterocycles. The molecule has 2 rings (SSSR count). The second-order valence-corrected chi connectivity index (χ2v) is 5.60. The first-order chi connectivity index (χ1) is 9.04. The Morgan fingerprint density at radius 3 is 2.74 bits per heavy atom. The van der Waals surface area contributed by atoms with Gasteiger partial charge >= 0.3 is 0 Å². The molecule has 106 valence electrons. The predicted octanol–water partition coefficient (Wildman–Crippen LogP) is 2.53. The monoisotopic (exact) mass is 267 g/mol. The van der Waals surface area contributed by atoms with Gasteiger partial charge in [0, 0.05) is 6.54 Å². The second-order valence-electron chi connectivity index (χ2n) is 5.60. The maximum absolute atomic E-state index is 13.9. The van der Waals surface area contributed by atoms with Crippen molar-refractivity contribution in [2.75, 3.05) is 11.9 Å². The topological polar surface area (TPSA) is 58.0 Å². The lowest BCUT2D eigenvalue weighted by Gasteiger charge is -2.35. The lowest BCUT2D eigenvalue weighted by molar-refractivity contribution is 0.00489. The summed E-state index contributed by atoms with van der Waals surface area (Å²) in [6.45, 7) is 4.40. The van der Waals surface area contributed by atoms with Gasteiger partial charge in [-0.05, 0) is 38.0 Å². The van der Waals surface area contributed by atoms with E-state index in [1.165, 1.54) is 6.33 Å². The van der Waals surface area contributed by atoms with E-state index in [1.807, 2.05) is 6.92 Å². The minimum absolute atomic E-state index is 0.193. The molecule has 0 radical (unpaired) electrons. The van der Waals surface area contributed by atoms with E-state index in [4.69, 9.17) is 0 Å². The van der Waals surface area contributed by atoms with E-state index in [9.17, 15) is 9.50 Å². The Morgan fingerprint density at radius 2 is 2.11 bits per heavy atom. The van der Waals surface area contributed by atoms with E-state index in [-0.39, 0.29) is 5.82 Å². The highest BCUT2D eigenvalue weighted by Crippen LogP contribution is 2.32. The largest absolute Gasteiger partial charge is 0.388 e. The molecule has 1 fully saturated rings. The van der Waals surface area contributed by atoms with Gasteiger partial charge in [-0.3, -0.25) is 0 Å². The third kappa shape index (κ3) is 3.41. The van der Waals surface area contributed by atoms with Gasteiger partial charge in [-0.2, -0.15) is 0 Å². The quantitative estimate of drug-likeness (QED) is 0.880. The predicted molar refractivity (Wildman–Crippen MR) is 72.4 cm³/mol. The summed E-state index contributed by atoms with van der Waals surface area (Å²) in [5.74, 6) is 0.458. The van der Waals surface area contributed by atoms with Crippen LogP contribution in [0, 0.1) is 11.7 Å². The van der Waals surface area contributed by atoms with Crippen LogP contribution in [0.5, 0.6) is 0 Å². The molecule has 0 bridgehead atoms. The van der Waals surface area contributed by atoms with Crippen molar-refractivity contribution in [1.29, 1.82) is 0 Å². The molecule has 1 aliphatic carbocycles. The van der Waals surface area contributed by atoms with Gasteiger partial charge in [-0.1, -0.05) is 13.8 Å². The van der Waals surface area contributed by atoms with Crippen LogP contribution < -0.4 is 5.32 Å². The summed E-state index contributed by atoms with van der Waals surface area (Å²) in [7, 11) is 0. The summed E-state index contributed by atoms with van der Waals surface area (Å²) in [5, 5.41) is 13.4. The smallest absolute Gasteiger partial charge is 0.186 e. The van der Waals surface area contributed by atoms with Gasteiger partial charge in [-0.25, -0.2) is 14.4 Å². The standard InChI is InChI=1S/C14H22FN3O/c1-3-11-12(15)13(18-9-17-11)16-8-14(19)6-4-10(2)5-7-14/h9-10,19H,3-8H2,1-2H3,(H,16,17,18). The molecule has 0 amide bonds. The van der Waals surface area contributed by atoms with Crippen LogP contribution in [0.15, 0.2) is 6.33 Å². The first-order valence-corrected chi connectivity index (χ1v) is 6.99. The number of hydrogen-bond acceptors (Lipinski definition) is 4. The zero-order valence-corrected chi connectivity index (χ0v) is 11.6. The summed E-state index contributed by atoms with van der Waals surface area (Å²) >= 11 is 0. The molecule has 4 nitrogen and oxygen atoms in total. The first-order valence-electron chi connectivity index (χ1n) is 6.99. The van der Waals surface area contributed by atoms with Crippen LogP contribution in [0.3, 0.4) is 0 Å². The van der Waals surface area contributed by atoms with Crippen LogP contribution in [0.2, 0.25) is 0 Å². The van der Waals surface area contributed by atoms with Gasteiger partial charge in [0.25, 0.3) is 0 Å². The molecular formula is C14H22FN3O. The summed E-state index contributed by atoms with van der Waals surface area (Å²) in [6, 6.07) is 0. The molecule has 1 aromatic rings. The average molecular weight is 267 g/mol. The third-order valence-corrected chi connectivity index (χ3v) is 3.99. The highest BCUT2D eigenvalue weighted by molar-refractivity contribution is 5.37. The second kappa shape index (κ2) is 5.82. The molecule has 5 heteroatoms. The zero-order valence-electron chi connectivity index (χ0n) is 11.6. The van der Waals surface area contributed by atoms with Crippen molar-refractivity contribution >= 4 is 5.82 Å². The van der Waals surface area contributed by atoms with E-state index < -0.39 is 11.4 Å². The number of hydrogen-bond donors (Lipinski definition) is 2. The molecule has 0 atom stereocenters. The third-order valence-electron chi connectivity index (χ3n) is 3.99. The molecule has 0 saturated heterocycles. The van der Waals surface area contributed by atoms with E-state index in [0.29, 0.717) is 24.6 Å². The van der Waals surface area contributed by atoms with Crippen molar-refractivity contribution in [2.45, 2.75) is 51.6 Å². The van der Waals surface area contributed by atoms with Gasteiger partial charge in [0.05, 0.1) is 11.3 Å². The Hall–Kier alpha value is -1.23. The molecule has 1 heterocycles.